The van der Waals surface area contributed by atoms with E-state index < -0.39 is 0 Å². The zero-order valence-corrected chi connectivity index (χ0v) is 14.4. The van der Waals surface area contributed by atoms with Gasteiger partial charge in [0.1, 0.15) is 5.82 Å². The molecule has 5 nitrogen and oxygen atoms in total. The lowest BCUT2D eigenvalue weighted by Gasteiger charge is -2.31. The second kappa shape index (κ2) is 6.44. The number of anilines is 1. The monoisotopic (exact) mass is 357 g/mol. The van der Waals surface area contributed by atoms with Crippen molar-refractivity contribution in [3.63, 3.8) is 0 Å². The molecule has 0 amide bonds. The Morgan fingerprint density at radius 3 is 2.76 bits per heavy atom. The molecule has 3 aromatic rings. The summed E-state index contributed by atoms with van der Waals surface area (Å²) in [5, 5.41) is 15.5. The van der Waals surface area contributed by atoms with Gasteiger partial charge < -0.3 is 5.32 Å². The third kappa shape index (κ3) is 2.87. The van der Waals surface area contributed by atoms with Gasteiger partial charge in [0.05, 0.1) is 12.1 Å². The maximum Gasteiger partial charge on any atom is 0.243 e. The number of fused-ring (bicyclic) bond motifs is 1. The quantitative estimate of drug-likeness (QED) is 0.764. The number of halogens is 2. The van der Waals surface area contributed by atoms with E-state index in [1.807, 2.05) is 0 Å². The van der Waals surface area contributed by atoms with Crippen molar-refractivity contribution in [2.45, 2.75) is 31.8 Å². The molecule has 2 unspecified atom stereocenters. The van der Waals surface area contributed by atoms with Crippen LogP contribution < -0.4 is 5.32 Å². The summed E-state index contributed by atoms with van der Waals surface area (Å²) in [5.74, 6) is 0.168. The second-order valence-corrected chi connectivity index (χ2v) is 6.53. The molecule has 0 saturated carbocycles. The number of tetrazole rings is 1. The molecule has 1 aliphatic rings. The molecule has 0 spiro atoms. The predicted molar refractivity (Wildman–Crippen MR) is 94.2 cm³/mol. The van der Waals surface area contributed by atoms with Crippen molar-refractivity contribution in [3.05, 3.63) is 70.0 Å². The normalized spacial score (nSPS) is 19.3. The van der Waals surface area contributed by atoms with Gasteiger partial charge >= 0.3 is 0 Å². The fraction of sp³-hybridized carbons (Fsp3) is 0.278. The van der Waals surface area contributed by atoms with Crippen molar-refractivity contribution in [3.8, 4) is 0 Å². The summed E-state index contributed by atoms with van der Waals surface area (Å²) in [6.07, 6.45) is 1.59. The summed E-state index contributed by atoms with van der Waals surface area (Å²) in [7, 11) is 0. The predicted octanol–water partition coefficient (Wildman–Crippen LogP) is 4.17. The second-order valence-electron chi connectivity index (χ2n) is 6.13. The van der Waals surface area contributed by atoms with Crippen molar-refractivity contribution >= 4 is 17.5 Å². The molecule has 0 aliphatic carbocycles. The molecule has 25 heavy (non-hydrogen) atoms. The zero-order valence-electron chi connectivity index (χ0n) is 13.7. The molecular formula is C18H17ClFN5. The van der Waals surface area contributed by atoms with Crippen LogP contribution in [-0.4, -0.2) is 20.2 Å². The Bertz CT molecular complexity index is 872. The van der Waals surface area contributed by atoms with Crippen LogP contribution in [0.25, 0.3) is 0 Å². The Hall–Kier alpha value is -2.47. The summed E-state index contributed by atoms with van der Waals surface area (Å²) < 4.78 is 16.1. The van der Waals surface area contributed by atoms with Crippen molar-refractivity contribution in [1.29, 1.82) is 0 Å². The van der Waals surface area contributed by atoms with E-state index in [9.17, 15) is 4.39 Å². The van der Waals surface area contributed by atoms with E-state index in [0.29, 0.717) is 23.0 Å². The van der Waals surface area contributed by atoms with Gasteiger partial charge in [0.15, 0.2) is 0 Å². The van der Waals surface area contributed by atoms with E-state index >= 15 is 0 Å². The highest BCUT2D eigenvalue weighted by Crippen LogP contribution is 2.40. The fourth-order valence-corrected chi connectivity index (χ4v) is 3.60. The average Bonchev–Trinajstić information content (AvgIpc) is 3.10. The van der Waals surface area contributed by atoms with Crippen LogP contribution in [0.1, 0.15) is 42.1 Å². The third-order valence-electron chi connectivity index (χ3n) is 4.67. The fourth-order valence-electron chi connectivity index (χ4n) is 3.31. The van der Waals surface area contributed by atoms with Crippen LogP contribution in [0.15, 0.2) is 42.5 Å². The first kappa shape index (κ1) is 16.0. The molecule has 2 aromatic carbocycles. The smallest absolute Gasteiger partial charge is 0.243 e. The Labute approximate surface area is 149 Å². The van der Waals surface area contributed by atoms with E-state index in [2.05, 4.69) is 52.0 Å². The van der Waals surface area contributed by atoms with E-state index in [-0.39, 0.29) is 17.9 Å². The molecule has 0 fully saturated rings. The number of nitrogens with one attached hydrogen (secondary N) is 1. The maximum absolute atomic E-state index is 14.5. The van der Waals surface area contributed by atoms with E-state index in [1.54, 1.807) is 16.8 Å². The lowest BCUT2D eigenvalue weighted by Crippen LogP contribution is -2.28. The van der Waals surface area contributed by atoms with Crippen molar-refractivity contribution in [2.24, 2.45) is 0 Å². The summed E-state index contributed by atoms with van der Waals surface area (Å²) in [6.45, 7) is 2.12. The summed E-state index contributed by atoms with van der Waals surface area (Å²) in [6, 6.07) is 12.7. The minimum atomic E-state index is -0.365. The van der Waals surface area contributed by atoms with Gasteiger partial charge in [0, 0.05) is 10.6 Å². The van der Waals surface area contributed by atoms with Crippen LogP contribution in [0.2, 0.25) is 5.02 Å². The number of hydrogen-bond acceptors (Lipinski definition) is 4. The van der Waals surface area contributed by atoms with Gasteiger partial charge in [-0.25, -0.2) is 9.07 Å². The number of nitrogens with zero attached hydrogens (tertiary/aromatic N) is 4. The molecule has 1 aromatic heterocycles. The van der Waals surface area contributed by atoms with Crippen LogP contribution >= 0.6 is 11.6 Å². The van der Waals surface area contributed by atoms with Crippen molar-refractivity contribution in [2.75, 3.05) is 5.32 Å². The Morgan fingerprint density at radius 2 is 2.04 bits per heavy atom. The maximum atomic E-state index is 14.5. The zero-order chi connectivity index (χ0) is 17.4. The largest absolute Gasteiger partial charge is 0.346 e. The highest BCUT2D eigenvalue weighted by molar-refractivity contribution is 6.31. The van der Waals surface area contributed by atoms with Crippen molar-refractivity contribution < 1.29 is 4.39 Å². The molecule has 2 heterocycles. The molecule has 7 heteroatoms. The van der Waals surface area contributed by atoms with Gasteiger partial charge in [-0.2, -0.15) is 0 Å². The highest BCUT2D eigenvalue weighted by atomic mass is 35.5. The number of benzene rings is 2. The minimum Gasteiger partial charge on any atom is -0.346 e. The lowest BCUT2D eigenvalue weighted by molar-refractivity contribution is 0.409. The number of aromatic nitrogens is 4. The molecule has 0 radical (unpaired) electrons. The van der Waals surface area contributed by atoms with Gasteiger partial charge in [0.25, 0.3) is 0 Å². The Balaban J connectivity index is 1.75. The first-order valence-corrected chi connectivity index (χ1v) is 8.62. The topological polar surface area (TPSA) is 55.6 Å². The molecule has 0 bridgehead atoms. The average molecular weight is 358 g/mol. The van der Waals surface area contributed by atoms with Crippen LogP contribution in [-0.2, 0) is 6.42 Å². The van der Waals surface area contributed by atoms with Gasteiger partial charge in [-0.15, -0.1) is 0 Å². The van der Waals surface area contributed by atoms with E-state index in [1.165, 1.54) is 11.6 Å². The first-order valence-electron chi connectivity index (χ1n) is 8.24. The van der Waals surface area contributed by atoms with Crippen LogP contribution in [0, 0.1) is 5.82 Å². The summed E-state index contributed by atoms with van der Waals surface area (Å²) in [4.78, 5) is 0. The Kier molecular flexibility index (Phi) is 4.13. The highest BCUT2D eigenvalue weighted by Gasteiger charge is 2.33. The number of hydrogen-bond donors (Lipinski definition) is 1. The standard InChI is InChI=1S/C18H17ClFN5/c1-2-11-6-8-12(9-7-11)15-10-16(25-18(21-15)22-23-24-25)17-13(19)4-3-5-14(17)20/h3-9,15-16H,2,10H2,1H3,(H,21,22,24). The molecule has 2 atom stereocenters. The molecule has 1 N–H and O–H groups in total. The molecule has 1 aliphatic heterocycles. The summed E-state index contributed by atoms with van der Waals surface area (Å²) in [5.41, 5.74) is 2.82. The van der Waals surface area contributed by atoms with Crippen LogP contribution in [0.3, 0.4) is 0 Å². The van der Waals surface area contributed by atoms with Crippen molar-refractivity contribution in [1.82, 2.24) is 20.2 Å². The van der Waals surface area contributed by atoms with Gasteiger partial charge in [-0.3, -0.25) is 0 Å². The van der Waals surface area contributed by atoms with Crippen LogP contribution in [0.5, 0.6) is 0 Å². The van der Waals surface area contributed by atoms with Gasteiger partial charge in [-0.1, -0.05) is 54.0 Å². The van der Waals surface area contributed by atoms with E-state index in [4.69, 9.17) is 11.6 Å². The molecule has 0 saturated heterocycles. The third-order valence-corrected chi connectivity index (χ3v) is 5.00. The molecule has 4 rings (SSSR count). The number of aryl methyl sites for hydroxylation is 1. The molecule has 128 valence electrons. The van der Waals surface area contributed by atoms with Gasteiger partial charge in [0.2, 0.25) is 5.95 Å². The van der Waals surface area contributed by atoms with Crippen LogP contribution in [0.4, 0.5) is 10.3 Å². The molecular weight excluding hydrogens is 341 g/mol. The first-order chi connectivity index (χ1) is 12.2. The lowest BCUT2D eigenvalue weighted by atomic mass is 9.92. The Morgan fingerprint density at radius 1 is 1.24 bits per heavy atom. The summed E-state index contributed by atoms with van der Waals surface area (Å²) >= 11 is 6.29. The number of rotatable bonds is 3. The SMILES string of the molecule is CCc1ccc(C2CC(c3c(F)cccc3Cl)n3nnnc3N2)cc1. The van der Waals surface area contributed by atoms with Gasteiger partial charge in [-0.05, 0) is 46.5 Å². The van der Waals surface area contributed by atoms with E-state index in [0.717, 1.165) is 12.0 Å². The minimum absolute atomic E-state index is 0.0231.